The van der Waals surface area contributed by atoms with Crippen molar-refractivity contribution in [2.45, 2.75) is 10.8 Å². The maximum absolute atomic E-state index is 2.51. The minimum atomic E-state index is -0.759. The Morgan fingerprint density at radius 1 is 0.169 bits per heavy atom. The van der Waals surface area contributed by atoms with Crippen LogP contribution in [0.1, 0.15) is 44.5 Å². The lowest BCUT2D eigenvalue weighted by Gasteiger charge is -2.57. The van der Waals surface area contributed by atoms with Crippen molar-refractivity contribution in [3.8, 4) is 0 Å². The van der Waals surface area contributed by atoms with Gasteiger partial charge in [0.1, 0.15) is 0 Å². The Hall–Kier alpha value is -9.18. The van der Waals surface area contributed by atoms with Crippen LogP contribution in [0.25, 0.3) is 0 Å². The lowest BCUT2D eigenvalue weighted by atomic mass is 9.44. The summed E-state index contributed by atoms with van der Waals surface area (Å²) in [6.45, 7) is 0. The smallest absolute Gasteiger partial charge is 0.0712 e. The molecule has 14 rings (SSSR count). The van der Waals surface area contributed by atoms with Crippen LogP contribution in [-0.4, -0.2) is 0 Å². The molecule has 3 aliphatic carbocycles. The van der Waals surface area contributed by atoms with Gasteiger partial charge in [0.15, 0.2) is 0 Å². The molecule has 0 fully saturated rings. The monoisotopic (exact) mass is 907 g/mol. The molecule has 71 heavy (non-hydrogen) atoms. The summed E-state index contributed by atoms with van der Waals surface area (Å²) in [5.41, 5.74) is 18.5. The Balaban J connectivity index is 1.17. The molecular formula is C68H49N3. The Labute approximate surface area is 416 Å². The van der Waals surface area contributed by atoms with Crippen molar-refractivity contribution in [2.75, 3.05) is 14.7 Å². The topological polar surface area (TPSA) is 9.72 Å². The van der Waals surface area contributed by atoms with Crippen molar-refractivity contribution >= 4 is 51.2 Å². The summed E-state index contributed by atoms with van der Waals surface area (Å²) in [6.07, 6.45) is 0. The number of hydrogen-bond acceptors (Lipinski definition) is 3. The highest BCUT2D eigenvalue weighted by molar-refractivity contribution is 5.89. The van der Waals surface area contributed by atoms with E-state index in [2.05, 4.69) is 312 Å². The van der Waals surface area contributed by atoms with E-state index in [1.165, 1.54) is 44.5 Å². The van der Waals surface area contributed by atoms with Gasteiger partial charge in [-0.15, -0.1) is 0 Å². The van der Waals surface area contributed by atoms with E-state index in [4.69, 9.17) is 0 Å². The maximum atomic E-state index is 2.51. The van der Waals surface area contributed by atoms with Gasteiger partial charge in [-0.05, 0) is 154 Å². The highest BCUT2D eigenvalue weighted by atomic mass is 15.2. The number of anilines is 9. The SMILES string of the molecule is c1ccc(N(c2ccccc2)c2ccc3c(c2)C2(c4ccccc4)c4ccc(N(c5ccccc5)c5ccccc5)cc4C3(c3ccccc3)c3cc(N(c4ccccc4)c4ccccc4)ccc32)cc1. The van der Waals surface area contributed by atoms with E-state index in [9.17, 15) is 0 Å². The van der Waals surface area contributed by atoms with Crippen LogP contribution >= 0.6 is 0 Å². The van der Waals surface area contributed by atoms with Crippen LogP contribution < -0.4 is 14.7 Å². The van der Waals surface area contributed by atoms with E-state index in [1.54, 1.807) is 0 Å². The highest BCUT2D eigenvalue weighted by Gasteiger charge is 2.60. The van der Waals surface area contributed by atoms with Gasteiger partial charge >= 0.3 is 0 Å². The van der Waals surface area contributed by atoms with Crippen molar-refractivity contribution < 1.29 is 0 Å². The molecule has 0 saturated heterocycles. The average molecular weight is 908 g/mol. The Morgan fingerprint density at radius 2 is 0.366 bits per heavy atom. The van der Waals surface area contributed by atoms with Crippen molar-refractivity contribution in [1.29, 1.82) is 0 Å². The van der Waals surface area contributed by atoms with Gasteiger partial charge in [-0.2, -0.15) is 0 Å². The van der Waals surface area contributed by atoms with Gasteiger partial charge in [-0.3, -0.25) is 0 Å². The Kier molecular flexibility index (Phi) is 10.3. The summed E-state index contributed by atoms with van der Waals surface area (Å²) in [5, 5.41) is 0. The number of hydrogen-bond donors (Lipinski definition) is 0. The van der Waals surface area contributed by atoms with Gasteiger partial charge in [-0.1, -0.05) is 188 Å². The third-order valence-corrected chi connectivity index (χ3v) is 14.7. The Morgan fingerprint density at radius 3 is 0.592 bits per heavy atom. The zero-order valence-corrected chi connectivity index (χ0v) is 39.1. The van der Waals surface area contributed by atoms with Crippen LogP contribution in [0, 0.1) is 0 Å². The lowest BCUT2D eigenvalue weighted by molar-refractivity contribution is 0.557. The van der Waals surface area contributed by atoms with Gasteiger partial charge in [0.05, 0.1) is 10.8 Å². The van der Waals surface area contributed by atoms with Gasteiger partial charge in [0.2, 0.25) is 0 Å². The van der Waals surface area contributed by atoms with E-state index in [-0.39, 0.29) is 0 Å². The van der Waals surface area contributed by atoms with Gasteiger partial charge in [0, 0.05) is 51.2 Å². The predicted molar refractivity (Wildman–Crippen MR) is 294 cm³/mol. The molecular weight excluding hydrogens is 859 g/mol. The summed E-state index contributed by atoms with van der Waals surface area (Å²) >= 11 is 0. The predicted octanol–water partition coefficient (Wildman–Crippen LogP) is 17.5. The van der Waals surface area contributed by atoms with Crippen LogP contribution in [0.5, 0.6) is 0 Å². The van der Waals surface area contributed by atoms with Gasteiger partial charge < -0.3 is 14.7 Å². The number of benzene rings is 11. The molecule has 0 spiro atoms. The second kappa shape index (κ2) is 17.4. The molecule has 2 bridgehead atoms. The molecule has 0 unspecified atom stereocenters. The molecule has 0 atom stereocenters. The van der Waals surface area contributed by atoms with Crippen LogP contribution in [0.4, 0.5) is 51.2 Å². The summed E-state index contributed by atoms with van der Waals surface area (Å²) in [4.78, 5) is 7.21. The third kappa shape index (κ3) is 6.65. The van der Waals surface area contributed by atoms with E-state index in [0.717, 1.165) is 51.2 Å². The van der Waals surface area contributed by atoms with E-state index in [1.807, 2.05) is 0 Å². The zero-order valence-electron chi connectivity index (χ0n) is 39.1. The van der Waals surface area contributed by atoms with Crippen molar-refractivity contribution in [1.82, 2.24) is 0 Å². The number of nitrogens with zero attached hydrogens (tertiary/aromatic N) is 3. The normalized spacial score (nSPS) is 16.0. The molecule has 3 nitrogen and oxygen atoms in total. The molecule has 3 aliphatic rings. The minimum Gasteiger partial charge on any atom is -0.310 e. The zero-order chi connectivity index (χ0) is 47.2. The molecule has 11 aromatic rings. The number of para-hydroxylation sites is 6. The van der Waals surface area contributed by atoms with E-state index < -0.39 is 10.8 Å². The standard InChI is InChI=1S/C68H49N3/c1-9-25-50(26-10-1)67-61-44-41-59(70(54-33-17-5-18-34-54)55-35-19-6-20-36-55)48-65(61)68(51-27-11-2-12-28-51,63-46-43-58(47-64(63)67)69(52-29-13-3-14-30-52)53-31-15-4-16-32-53)66-49-60(42-45-62(66)67)71(56-37-21-7-22-38-56)57-39-23-8-24-40-57/h1-49H. The molecule has 0 radical (unpaired) electrons. The van der Waals surface area contributed by atoms with Crippen LogP contribution in [-0.2, 0) is 10.8 Å². The fraction of sp³-hybridized carbons (Fsp3) is 0.0294. The first-order valence-electron chi connectivity index (χ1n) is 24.5. The molecule has 0 heterocycles. The first kappa shape index (κ1) is 42.0. The van der Waals surface area contributed by atoms with Crippen LogP contribution in [0.2, 0.25) is 0 Å². The minimum absolute atomic E-state index is 0.724. The molecule has 0 aromatic heterocycles. The Bertz CT molecular complexity index is 3370. The summed E-state index contributed by atoms with van der Waals surface area (Å²) in [6, 6.07) is 109. The molecule has 0 aliphatic heterocycles. The second-order valence-corrected chi connectivity index (χ2v) is 18.4. The molecule has 3 heteroatoms. The highest BCUT2D eigenvalue weighted by Crippen LogP contribution is 2.67. The van der Waals surface area contributed by atoms with Crippen LogP contribution in [0.3, 0.4) is 0 Å². The van der Waals surface area contributed by atoms with Gasteiger partial charge in [-0.25, -0.2) is 0 Å². The molecule has 0 N–H and O–H groups in total. The van der Waals surface area contributed by atoms with Crippen molar-refractivity contribution in [3.05, 3.63) is 342 Å². The maximum Gasteiger partial charge on any atom is 0.0712 e. The first-order chi connectivity index (χ1) is 35.2. The fourth-order valence-corrected chi connectivity index (χ4v) is 11.9. The largest absolute Gasteiger partial charge is 0.310 e. The number of rotatable bonds is 11. The molecule has 11 aromatic carbocycles. The molecule has 336 valence electrons. The van der Waals surface area contributed by atoms with E-state index in [0.29, 0.717) is 0 Å². The first-order valence-corrected chi connectivity index (χ1v) is 24.5. The third-order valence-electron chi connectivity index (χ3n) is 14.7. The summed E-state index contributed by atoms with van der Waals surface area (Å²) in [7, 11) is 0. The average Bonchev–Trinajstić information content (AvgIpc) is 3.46. The van der Waals surface area contributed by atoms with E-state index >= 15 is 0 Å². The summed E-state index contributed by atoms with van der Waals surface area (Å²) < 4.78 is 0. The summed E-state index contributed by atoms with van der Waals surface area (Å²) in [5.74, 6) is 0. The van der Waals surface area contributed by atoms with Crippen molar-refractivity contribution in [2.24, 2.45) is 0 Å². The quantitative estimate of drug-likeness (QED) is 0.128. The van der Waals surface area contributed by atoms with Gasteiger partial charge in [0.25, 0.3) is 0 Å². The second-order valence-electron chi connectivity index (χ2n) is 18.4. The lowest BCUT2D eigenvalue weighted by Crippen LogP contribution is -2.52. The van der Waals surface area contributed by atoms with Crippen LogP contribution in [0.15, 0.2) is 297 Å². The van der Waals surface area contributed by atoms with Crippen molar-refractivity contribution in [3.63, 3.8) is 0 Å². The fourth-order valence-electron chi connectivity index (χ4n) is 11.9. The molecule has 0 saturated carbocycles. The molecule has 0 amide bonds.